The molecule has 100 valence electrons. The Labute approximate surface area is 103 Å². The zero-order valence-corrected chi connectivity index (χ0v) is 10.9. The van der Waals surface area contributed by atoms with Crippen LogP contribution >= 0.6 is 0 Å². The molecule has 1 aliphatic heterocycles. The molecule has 0 aromatic heterocycles. The van der Waals surface area contributed by atoms with E-state index >= 15 is 0 Å². The Kier molecular flexibility index (Phi) is 7.16. The minimum atomic E-state index is 0.212. The Morgan fingerprint density at radius 2 is 2.18 bits per heavy atom. The van der Waals surface area contributed by atoms with E-state index in [9.17, 15) is 4.79 Å². The van der Waals surface area contributed by atoms with Crippen molar-refractivity contribution in [2.24, 2.45) is 0 Å². The SMILES string of the molecule is CCOCC(C)NCCC(=O)N1CCOCC1. The van der Waals surface area contributed by atoms with E-state index in [1.165, 1.54) is 0 Å². The first-order valence-corrected chi connectivity index (χ1v) is 6.40. The normalized spacial score (nSPS) is 18.1. The van der Waals surface area contributed by atoms with Crippen molar-refractivity contribution in [2.45, 2.75) is 26.3 Å². The van der Waals surface area contributed by atoms with Crippen LogP contribution in [-0.4, -0.2) is 62.9 Å². The van der Waals surface area contributed by atoms with E-state index in [0.717, 1.165) is 19.7 Å². The summed E-state index contributed by atoms with van der Waals surface area (Å²) in [5.74, 6) is 0.212. The van der Waals surface area contributed by atoms with Crippen molar-refractivity contribution in [1.82, 2.24) is 10.2 Å². The first-order chi connectivity index (χ1) is 8.24. The Bertz CT molecular complexity index is 218. The number of carbonyl (C=O) groups excluding carboxylic acids is 1. The van der Waals surface area contributed by atoms with Gasteiger partial charge in [-0.2, -0.15) is 0 Å². The maximum atomic E-state index is 11.8. The Morgan fingerprint density at radius 3 is 2.82 bits per heavy atom. The van der Waals surface area contributed by atoms with Gasteiger partial charge in [0.2, 0.25) is 5.91 Å². The van der Waals surface area contributed by atoms with Crippen LogP contribution < -0.4 is 5.32 Å². The highest BCUT2D eigenvalue weighted by Gasteiger charge is 2.16. The minimum absolute atomic E-state index is 0.212. The molecule has 0 aliphatic carbocycles. The quantitative estimate of drug-likeness (QED) is 0.697. The number of hydrogen-bond acceptors (Lipinski definition) is 4. The van der Waals surface area contributed by atoms with Crippen LogP contribution in [0.3, 0.4) is 0 Å². The molecule has 5 nitrogen and oxygen atoms in total. The van der Waals surface area contributed by atoms with Crippen LogP contribution in [0, 0.1) is 0 Å². The molecule has 0 spiro atoms. The maximum Gasteiger partial charge on any atom is 0.224 e. The van der Waals surface area contributed by atoms with Crippen molar-refractivity contribution in [1.29, 1.82) is 0 Å². The lowest BCUT2D eigenvalue weighted by atomic mass is 10.3. The largest absolute Gasteiger partial charge is 0.380 e. The molecule has 1 fully saturated rings. The third kappa shape index (κ3) is 6.00. The summed E-state index contributed by atoms with van der Waals surface area (Å²) < 4.78 is 10.5. The highest BCUT2D eigenvalue weighted by atomic mass is 16.5. The predicted molar refractivity (Wildman–Crippen MR) is 66.0 cm³/mol. The second-order valence-corrected chi connectivity index (χ2v) is 4.26. The fourth-order valence-corrected chi connectivity index (χ4v) is 1.75. The van der Waals surface area contributed by atoms with Crippen molar-refractivity contribution < 1.29 is 14.3 Å². The van der Waals surface area contributed by atoms with Crippen molar-refractivity contribution in [2.75, 3.05) is 46.1 Å². The van der Waals surface area contributed by atoms with Gasteiger partial charge in [0.05, 0.1) is 19.8 Å². The van der Waals surface area contributed by atoms with Crippen LogP contribution in [-0.2, 0) is 14.3 Å². The molecule has 0 aromatic rings. The van der Waals surface area contributed by atoms with Crippen LogP contribution in [0.2, 0.25) is 0 Å². The number of nitrogens with one attached hydrogen (secondary N) is 1. The summed E-state index contributed by atoms with van der Waals surface area (Å²) in [5.41, 5.74) is 0. The van der Waals surface area contributed by atoms with Gasteiger partial charge in [0.1, 0.15) is 0 Å². The number of nitrogens with zero attached hydrogens (tertiary/aromatic N) is 1. The summed E-state index contributed by atoms with van der Waals surface area (Å²) in [6.45, 7) is 8.98. The second kappa shape index (κ2) is 8.44. The molecule has 0 aromatic carbocycles. The third-order valence-electron chi connectivity index (χ3n) is 2.77. The van der Waals surface area contributed by atoms with Gasteiger partial charge in [-0.3, -0.25) is 4.79 Å². The molecule has 1 unspecified atom stereocenters. The minimum Gasteiger partial charge on any atom is -0.380 e. The highest BCUT2D eigenvalue weighted by molar-refractivity contribution is 5.76. The smallest absolute Gasteiger partial charge is 0.224 e. The van der Waals surface area contributed by atoms with E-state index in [1.54, 1.807) is 0 Å². The van der Waals surface area contributed by atoms with Crippen LogP contribution in [0.5, 0.6) is 0 Å². The lowest BCUT2D eigenvalue weighted by Gasteiger charge is -2.27. The van der Waals surface area contributed by atoms with Crippen LogP contribution in [0.1, 0.15) is 20.3 Å². The number of carbonyl (C=O) groups is 1. The first kappa shape index (κ1) is 14.4. The van der Waals surface area contributed by atoms with E-state index < -0.39 is 0 Å². The van der Waals surface area contributed by atoms with E-state index in [2.05, 4.69) is 12.2 Å². The number of morpholine rings is 1. The summed E-state index contributed by atoms with van der Waals surface area (Å²) in [6, 6.07) is 0.299. The molecular weight excluding hydrogens is 220 g/mol. The molecule has 0 radical (unpaired) electrons. The van der Waals surface area contributed by atoms with E-state index in [4.69, 9.17) is 9.47 Å². The molecule has 1 N–H and O–H groups in total. The summed E-state index contributed by atoms with van der Waals surface area (Å²) >= 11 is 0. The lowest BCUT2D eigenvalue weighted by molar-refractivity contribution is -0.135. The first-order valence-electron chi connectivity index (χ1n) is 6.40. The number of ether oxygens (including phenoxy) is 2. The fourth-order valence-electron chi connectivity index (χ4n) is 1.75. The van der Waals surface area contributed by atoms with Crippen LogP contribution in [0.4, 0.5) is 0 Å². The Balaban J connectivity index is 2.06. The van der Waals surface area contributed by atoms with Crippen molar-refractivity contribution in [3.8, 4) is 0 Å². The highest BCUT2D eigenvalue weighted by Crippen LogP contribution is 1.99. The molecule has 17 heavy (non-hydrogen) atoms. The molecule has 0 bridgehead atoms. The van der Waals surface area contributed by atoms with Crippen molar-refractivity contribution in [3.05, 3.63) is 0 Å². The molecule has 1 heterocycles. The van der Waals surface area contributed by atoms with Gasteiger partial charge in [0.15, 0.2) is 0 Å². The third-order valence-corrected chi connectivity index (χ3v) is 2.77. The van der Waals surface area contributed by atoms with Gasteiger partial charge in [-0.25, -0.2) is 0 Å². The van der Waals surface area contributed by atoms with Gasteiger partial charge in [-0.15, -0.1) is 0 Å². The predicted octanol–water partition coefficient (Wildman–Crippen LogP) is 0.250. The van der Waals surface area contributed by atoms with Gasteiger partial charge in [0, 0.05) is 38.7 Å². The summed E-state index contributed by atoms with van der Waals surface area (Å²) in [7, 11) is 0. The number of rotatable bonds is 7. The summed E-state index contributed by atoms with van der Waals surface area (Å²) in [6.07, 6.45) is 0.552. The number of amides is 1. The van der Waals surface area contributed by atoms with Crippen molar-refractivity contribution in [3.63, 3.8) is 0 Å². The van der Waals surface area contributed by atoms with Gasteiger partial charge in [-0.05, 0) is 13.8 Å². The van der Waals surface area contributed by atoms with Gasteiger partial charge < -0.3 is 19.7 Å². The molecule has 5 heteroatoms. The molecular formula is C12H24N2O3. The van der Waals surface area contributed by atoms with Crippen molar-refractivity contribution >= 4 is 5.91 Å². The zero-order chi connectivity index (χ0) is 12.5. The molecule has 1 rings (SSSR count). The van der Waals surface area contributed by atoms with Crippen LogP contribution in [0.15, 0.2) is 0 Å². The van der Waals surface area contributed by atoms with E-state index in [0.29, 0.717) is 38.8 Å². The molecule has 1 atom stereocenters. The average molecular weight is 244 g/mol. The average Bonchev–Trinajstić information content (AvgIpc) is 2.37. The van der Waals surface area contributed by atoms with E-state index in [1.807, 2.05) is 11.8 Å². The van der Waals surface area contributed by atoms with Crippen LogP contribution in [0.25, 0.3) is 0 Å². The summed E-state index contributed by atoms with van der Waals surface area (Å²) in [4.78, 5) is 13.7. The molecule has 1 amide bonds. The molecule has 0 saturated carbocycles. The lowest BCUT2D eigenvalue weighted by Crippen LogP contribution is -2.42. The standard InChI is InChI=1S/C12H24N2O3/c1-3-16-10-11(2)13-5-4-12(15)14-6-8-17-9-7-14/h11,13H,3-10H2,1-2H3. The Hall–Kier alpha value is -0.650. The maximum absolute atomic E-state index is 11.8. The topological polar surface area (TPSA) is 50.8 Å². The zero-order valence-electron chi connectivity index (χ0n) is 10.9. The Morgan fingerprint density at radius 1 is 1.47 bits per heavy atom. The summed E-state index contributed by atoms with van der Waals surface area (Å²) in [5, 5.41) is 3.28. The van der Waals surface area contributed by atoms with E-state index in [-0.39, 0.29) is 5.91 Å². The molecule has 1 saturated heterocycles. The van der Waals surface area contributed by atoms with Gasteiger partial charge in [-0.1, -0.05) is 0 Å². The number of hydrogen-bond donors (Lipinski definition) is 1. The molecule has 1 aliphatic rings. The van der Waals surface area contributed by atoms with Gasteiger partial charge >= 0.3 is 0 Å². The second-order valence-electron chi connectivity index (χ2n) is 4.26. The fraction of sp³-hybridized carbons (Fsp3) is 0.917. The van der Waals surface area contributed by atoms with Gasteiger partial charge in [0.25, 0.3) is 0 Å². The monoisotopic (exact) mass is 244 g/mol.